The first-order chi connectivity index (χ1) is 9.21. The molecule has 20 heavy (non-hydrogen) atoms. The summed E-state index contributed by atoms with van der Waals surface area (Å²) >= 11 is 8.11. The van der Waals surface area contributed by atoms with Gasteiger partial charge in [-0.1, -0.05) is 20.8 Å². The van der Waals surface area contributed by atoms with Crippen molar-refractivity contribution in [3.05, 3.63) is 23.4 Å². The van der Waals surface area contributed by atoms with Gasteiger partial charge in [-0.3, -0.25) is 0 Å². The maximum atomic E-state index is 6.07. The fourth-order valence-corrected chi connectivity index (χ4v) is 3.67. The van der Waals surface area contributed by atoms with Crippen LogP contribution in [0.1, 0.15) is 45.9 Å². The van der Waals surface area contributed by atoms with Crippen LogP contribution in [0.2, 0.25) is 0 Å². The largest absolute Gasteiger partial charge is 0.354 e. The molecule has 0 saturated carbocycles. The standard InChI is InChI=1S/C16H25ClN2S/c1-15(2,3)13-8-12(10-17)9-14(18-13)19-6-7-20-16(4,5)11-19/h8-9H,6-7,10-11H2,1-5H3. The first-order valence-corrected chi connectivity index (χ1v) is 8.70. The average molecular weight is 313 g/mol. The maximum absolute atomic E-state index is 6.07. The van der Waals surface area contributed by atoms with Crippen molar-refractivity contribution in [2.45, 2.75) is 50.7 Å². The lowest BCUT2D eigenvalue weighted by molar-refractivity contribution is 0.564. The fraction of sp³-hybridized carbons (Fsp3) is 0.688. The highest BCUT2D eigenvalue weighted by atomic mass is 35.5. The van der Waals surface area contributed by atoms with Crippen molar-refractivity contribution in [3.8, 4) is 0 Å². The second-order valence-electron chi connectivity index (χ2n) is 7.13. The minimum absolute atomic E-state index is 0.0525. The normalized spacial score (nSPS) is 19.2. The van der Waals surface area contributed by atoms with E-state index in [4.69, 9.17) is 16.6 Å². The van der Waals surface area contributed by atoms with E-state index in [1.54, 1.807) is 0 Å². The monoisotopic (exact) mass is 312 g/mol. The molecule has 2 heterocycles. The van der Waals surface area contributed by atoms with Crippen molar-refractivity contribution in [1.82, 2.24) is 4.98 Å². The Kier molecular flexibility index (Phi) is 4.60. The van der Waals surface area contributed by atoms with Gasteiger partial charge in [0.05, 0.1) is 0 Å². The van der Waals surface area contributed by atoms with Crippen molar-refractivity contribution in [2.24, 2.45) is 0 Å². The number of anilines is 1. The number of pyridine rings is 1. The van der Waals surface area contributed by atoms with Crippen LogP contribution >= 0.6 is 23.4 Å². The van der Waals surface area contributed by atoms with E-state index in [9.17, 15) is 0 Å². The molecule has 1 aromatic rings. The predicted octanol–water partition coefficient (Wildman–Crippen LogP) is 4.45. The number of halogens is 1. The first-order valence-electron chi connectivity index (χ1n) is 7.18. The van der Waals surface area contributed by atoms with Gasteiger partial charge in [-0.05, 0) is 31.5 Å². The molecule has 1 aliphatic heterocycles. The Bertz CT molecular complexity index is 480. The number of thioether (sulfide) groups is 1. The SMILES string of the molecule is CC1(C)CN(c2cc(CCl)cc(C(C)(C)C)n2)CCS1. The molecule has 0 unspecified atom stereocenters. The molecule has 0 bridgehead atoms. The molecule has 0 amide bonds. The summed E-state index contributed by atoms with van der Waals surface area (Å²) in [5.74, 6) is 2.79. The Morgan fingerprint density at radius 3 is 2.60 bits per heavy atom. The van der Waals surface area contributed by atoms with Gasteiger partial charge in [0.15, 0.2) is 0 Å². The van der Waals surface area contributed by atoms with Gasteiger partial charge in [-0.25, -0.2) is 4.98 Å². The van der Waals surface area contributed by atoms with E-state index < -0.39 is 0 Å². The lowest BCUT2D eigenvalue weighted by Gasteiger charge is -2.38. The molecule has 0 spiro atoms. The number of aromatic nitrogens is 1. The van der Waals surface area contributed by atoms with Crippen molar-refractivity contribution in [1.29, 1.82) is 0 Å². The highest BCUT2D eigenvalue weighted by molar-refractivity contribution is 8.00. The van der Waals surface area contributed by atoms with Gasteiger partial charge in [0, 0.05) is 40.6 Å². The van der Waals surface area contributed by atoms with Crippen LogP contribution in [0.5, 0.6) is 0 Å². The Morgan fingerprint density at radius 1 is 1.35 bits per heavy atom. The van der Waals surface area contributed by atoms with Crippen LogP contribution in [0, 0.1) is 0 Å². The lowest BCUT2D eigenvalue weighted by atomic mass is 9.91. The summed E-state index contributed by atoms with van der Waals surface area (Å²) in [6, 6.07) is 4.29. The van der Waals surface area contributed by atoms with E-state index in [2.05, 4.69) is 51.7 Å². The molecule has 1 fully saturated rings. The maximum Gasteiger partial charge on any atom is 0.129 e. The topological polar surface area (TPSA) is 16.1 Å². The van der Waals surface area contributed by atoms with Crippen LogP contribution < -0.4 is 4.90 Å². The molecule has 2 rings (SSSR count). The molecule has 112 valence electrons. The quantitative estimate of drug-likeness (QED) is 0.751. The van der Waals surface area contributed by atoms with Crippen LogP contribution in [-0.2, 0) is 11.3 Å². The molecule has 1 aliphatic rings. The molecule has 1 saturated heterocycles. The molecular weight excluding hydrogens is 288 g/mol. The summed E-state index contributed by atoms with van der Waals surface area (Å²) in [5.41, 5.74) is 2.34. The third-order valence-electron chi connectivity index (χ3n) is 3.54. The fourth-order valence-electron chi connectivity index (χ4n) is 2.41. The van der Waals surface area contributed by atoms with Gasteiger partial charge in [0.2, 0.25) is 0 Å². The summed E-state index contributed by atoms with van der Waals surface area (Å²) < 4.78 is 0.290. The summed E-state index contributed by atoms with van der Waals surface area (Å²) in [4.78, 5) is 7.30. The molecule has 4 heteroatoms. The zero-order valence-electron chi connectivity index (χ0n) is 13.2. The van der Waals surface area contributed by atoms with Gasteiger partial charge in [0.1, 0.15) is 5.82 Å². The van der Waals surface area contributed by atoms with Crippen molar-refractivity contribution < 1.29 is 0 Å². The number of nitrogens with zero attached hydrogens (tertiary/aromatic N) is 2. The van der Waals surface area contributed by atoms with E-state index in [0.717, 1.165) is 35.9 Å². The predicted molar refractivity (Wildman–Crippen MR) is 91.2 cm³/mol. The van der Waals surface area contributed by atoms with E-state index in [1.165, 1.54) is 0 Å². The molecule has 0 aromatic carbocycles. The van der Waals surface area contributed by atoms with E-state index in [1.807, 2.05) is 11.8 Å². The van der Waals surface area contributed by atoms with Gasteiger partial charge in [-0.2, -0.15) is 11.8 Å². The van der Waals surface area contributed by atoms with Gasteiger partial charge >= 0.3 is 0 Å². The van der Waals surface area contributed by atoms with Gasteiger partial charge in [0.25, 0.3) is 0 Å². The zero-order valence-corrected chi connectivity index (χ0v) is 14.7. The minimum Gasteiger partial charge on any atom is -0.354 e. The Labute approximate surface area is 132 Å². The van der Waals surface area contributed by atoms with Crippen LogP contribution in [0.4, 0.5) is 5.82 Å². The number of alkyl halides is 1. The first kappa shape index (κ1) is 16.0. The lowest BCUT2D eigenvalue weighted by Crippen LogP contribution is -2.43. The highest BCUT2D eigenvalue weighted by Crippen LogP contribution is 2.33. The Morgan fingerprint density at radius 2 is 2.05 bits per heavy atom. The Balaban J connectivity index is 2.36. The number of hydrogen-bond donors (Lipinski definition) is 0. The molecule has 0 radical (unpaired) electrons. The van der Waals surface area contributed by atoms with Crippen molar-refractivity contribution in [2.75, 3.05) is 23.7 Å². The zero-order chi connectivity index (χ0) is 15.0. The van der Waals surface area contributed by atoms with Crippen LogP contribution in [-0.4, -0.2) is 28.6 Å². The molecule has 0 atom stereocenters. The minimum atomic E-state index is 0.0525. The molecule has 1 aromatic heterocycles. The summed E-state index contributed by atoms with van der Waals surface area (Å²) in [6.07, 6.45) is 0. The van der Waals surface area contributed by atoms with Gasteiger partial charge in [-0.15, -0.1) is 11.6 Å². The van der Waals surface area contributed by atoms with E-state index in [-0.39, 0.29) is 5.41 Å². The smallest absolute Gasteiger partial charge is 0.129 e. The second-order valence-corrected chi connectivity index (χ2v) is 9.20. The number of rotatable bonds is 2. The average Bonchev–Trinajstić information content (AvgIpc) is 2.36. The third kappa shape index (κ3) is 3.82. The van der Waals surface area contributed by atoms with Crippen LogP contribution in [0.3, 0.4) is 0 Å². The summed E-state index contributed by atoms with van der Waals surface area (Å²) in [7, 11) is 0. The molecule has 2 nitrogen and oxygen atoms in total. The third-order valence-corrected chi connectivity index (χ3v) is 5.15. The summed E-state index contributed by atoms with van der Waals surface area (Å²) in [5, 5.41) is 0. The second kappa shape index (κ2) is 5.76. The number of hydrogen-bond acceptors (Lipinski definition) is 3. The van der Waals surface area contributed by atoms with Crippen molar-refractivity contribution >= 4 is 29.2 Å². The van der Waals surface area contributed by atoms with E-state index in [0.29, 0.717) is 10.6 Å². The van der Waals surface area contributed by atoms with Crippen LogP contribution in [0.25, 0.3) is 0 Å². The Hall–Kier alpha value is -0.410. The van der Waals surface area contributed by atoms with Gasteiger partial charge < -0.3 is 4.90 Å². The highest BCUT2D eigenvalue weighted by Gasteiger charge is 2.28. The summed E-state index contributed by atoms with van der Waals surface area (Å²) in [6.45, 7) is 13.3. The van der Waals surface area contributed by atoms with Crippen LogP contribution in [0.15, 0.2) is 12.1 Å². The molecular formula is C16H25ClN2S. The van der Waals surface area contributed by atoms with E-state index >= 15 is 0 Å². The van der Waals surface area contributed by atoms with Crippen molar-refractivity contribution in [3.63, 3.8) is 0 Å². The molecule has 0 aliphatic carbocycles. The molecule has 0 N–H and O–H groups in total.